The van der Waals surface area contributed by atoms with Crippen LogP contribution >= 0.6 is 11.3 Å². The molecule has 0 amide bonds. The van der Waals surface area contributed by atoms with Gasteiger partial charge in [-0.15, -0.1) is 0 Å². The predicted octanol–water partition coefficient (Wildman–Crippen LogP) is 4.83. The lowest BCUT2D eigenvalue weighted by Crippen LogP contribution is -1.96. The molecule has 0 atom stereocenters. The molecule has 3 rings (SSSR count). The van der Waals surface area contributed by atoms with Gasteiger partial charge in [-0.2, -0.15) is 0 Å². The van der Waals surface area contributed by atoms with Gasteiger partial charge >= 0.3 is 0 Å². The summed E-state index contributed by atoms with van der Waals surface area (Å²) in [7, 11) is 0. The first-order valence-electron chi connectivity index (χ1n) is 7.19. The van der Waals surface area contributed by atoms with Gasteiger partial charge < -0.3 is 5.32 Å². The lowest BCUT2D eigenvalue weighted by Gasteiger charge is -2.02. The van der Waals surface area contributed by atoms with E-state index in [0.29, 0.717) is 0 Å². The first-order chi connectivity index (χ1) is 10.4. The van der Waals surface area contributed by atoms with Crippen molar-refractivity contribution in [1.29, 1.82) is 0 Å². The van der Waals surface area contributed by atoms with Gasteiger partial charge in [0.25, 0.3) is 0 Å². The highest BCUT2D eigenvalue weighted by Gasteiger charge is 2.13. The van der Waals surface area contributed by atoms with Crippen LogP contribution in [0.25, 0.3) is 10.4 Å². The van der Waals surface area contributed by atoms with Gasteiger partial charge in [0, 0.05) is 13.0 Å². The first kappa shape index (κ1) is 13.8. The van der Waals surface area contributed by atoms with Crippen LogP contribution in [0.4, 0.5) is 5.13 Å². The van der Waals surface area contributed by atoms with E-state index in [1.807, 2.05) is 12.1 Å². The molecule has 0 aliphatic heterocycles. The number of anilines is 1. The van der Waals surface area contributed by atoms with Crippen LogP contribution in [0.2, 0.25) is 0 Å². The Morgan fingerprint density at radius 3 is 2.29 bits per heavy atom. The summed E-state index contributed by atoms with van der Waals surface area (Å²) in [5.41, 5.74) is 3.68. The van der Waals surface area contributed by atoms with E-state index in [1.165, 1.54) is 16.0 Å². The quantitative estimate of drug-likeness (QED) is 0.729. The fraction of sp³-hybridized carbons (Fsp3) is 0.167. The Morgan fingerprint density at radius 1 is 0.952 bits per heavy atom. The summed E-state index contributed by atoms with van der Waals surface area (Å²) in [4.78, 5) is 6.04. The minimum Gasteiger partial charge on any atom is -0.362 e. The SMILES string of the molecule is CCNc1nc(Cc2ccccc2)c(-c2ccccc2)s1. The lowest BCUT2D eigenvalue weighted by molar-refractivity contribution is 1.09. The van der Waals surface area contributed by atoms with Crippen molar-refractivity contribution in [2.75, 3.05) is 11.9 Å². The summed E-state index contributed by atoms with van der Waals surface area (Å²) in [5, 5.41) is 4.33. The molecule has 3 heteroatoms. The number of nitrogens with one attached hydrogen (secondary N) is 1. The number of hydrogen-bond acceptors (Lipinski definition) is 3. The summed E-state index contributed by atoms with van der Waals surface area (Å²) >= 11 is 1.73. The van der Waals surface area contributed by atoms with E-state index in [1.54, 1.807) is 11.3 Å². The van der Waals surface area contributed by atoms with Gasteiger partial charge in [-0.25, -0.2) is 4.98 Å². The van der Waals surface area contributed by atoms with Gasteiger partial charge in [-0.1, -0.05) is 72.0 Å². The Bertz CT molecular complexity index is 690. The molecule has 0 saturated carbocycles. The molecule has 21 heavy (non-hydrogen) atoms. The first-order valence-corrected chi connectivity index (χ1v) is 8.01. The largest absolute Gasteiger partial charge is 0.362 e. The van der Waals surface area contributed by atoms with Crippen LogP contribution in [0, 0.1) is 0 Å². The number of aromatic nitrogens is 1. The van der Waals surface area contributed by atoms with Gasteiger partial charge in [-0.05, 0) is 18.1 Å². The topological polar surface area (TPSA) is 24.9 Å². The van der Waals surface area contributed by atoms with Crippen LogP contribution in [0.1, 0.15) is 18.2 Å². The fourth-order valence-corrected chi connectivity index (χ4v) is 3.36. The van der Waals surface area contributed by atoms with Gasteiger partial charge in [0.05, 0.1) is 10.6 Å². The molecule has 1 heterocycles. The lowest BCUT2D eigenvalue weighted by atomic mass is 10.1. The zero-order chi connectivity index (χ0) is 14.5. The molecule has 2 nitrogen and oxygen atoms in total. The van der Waals surface area contributed by atoms with E-state index in [9.17, 15) is 0 Å². The minimum atomic E-state index is 0.868. The molecular formula is C18H18N2S. The molecule has 3 aromatic rings. The molecule has 2 aromatic carbocycles. The third-order valence-electron chi connectivity index (χ3n) is 3.28. The van der Waals surface area contributed by atoms with Crippen LogP contribution < -0.4 is 5.32 Å². The second-order valence-corrected chi connectivity index (χ2v) is 5.85. The predicted molar refractivity (Wildman–Crippen MR) is 91.0 cm³/mol. The molecule has 1 aromatic heterocycles. The highest BCUT2D eigenvalue weighted by atomic mass is 32.1. The molecular weight excluding hydrogens is 276 g/mol. The average Bonchev–Trinajstić information content (AvgIpc) is 2.92. The summed E-state index contributed by atoms with van der Waals surface area (Å²) in [6.45, 7) is 2.99. The van der Waals surface area contributed by atoms with Crippen molar-refractivity contribution in [2.24, 2.45) is 0 Å². The van der Waals surface area contributed by atoms with Crippen molar-refractivity contribution in [3.63, 3.8) is 0 Å². The van der Waals surface area contributed by atoms with Gasteiger partial charge in [0.15, 0.2) is 5.13 Å². The molecule has 0 saturated heterocycles. The molecule has 0 spiro atoms. The van der Waals surface area contributed by atoms with Crippen molar-refractivity contribution in [3.05, 3.63) is 71.9 Å². The van der Waals surface area contributed by atoms with Crippen molar-refractivity contribution in [1.82, 2.24) is 4.98 Å². The summed E-state index contributed by atoms with van der Waals surface area (Å²) < 4.78 is 0. The standard InChI is InChI=1S/C18H18N2S/c1-2-19-18-20-16(13-14-9-5-3-6-10-14)17(21-18)15-11-7-4-8-12-15/h3-12H,2,13H2,1H3,(H,19,20). The van der Waals surface area contributed by atoms with Crippen molar-refractivity contribution < 1.29 is 0 Å². The third kappa shape index (κ3) is 3.31. The highest BCUT2D eigenvalue weighted by molar-refractivity contribution is 7.19. The Hall–Kier alpha value is -2.13. The monoisotopic (exact) mass is 294 g/mol. The van der Waals surface area contributed by atoms with Gasteiger partial charge in [-0.3, -0.25) is 0 Å². The average molecular weight is 294 g/mol. The zero-order valence-corrected chi connectivity index (χ0v) is 12.9. The van der Waals surface area contributed by atoms with Crippen LogP contribution in [0.3, 0.4) is 0 Å². The number of hydrogen-bond donors (Lipinski definition) is 1. The summed E-state index contributed by atoms with van der Waals surface area (Å²) in [6, 6.07) is 21.0. The van der Waals surface area contributed by atoms with Gasteiger partial charge in [0.1, 0.15) is 0 Å². The molecule has 0 bridgehead atoms. The normalized spacial score (nSPS) is 10.5. The van der Waals surface area contributed by atoms with Crippen LogP contribution in [0.5, 0.6) is 0 Å². The maximum atomic E-state index is 4.78. The van der Waals surface area contributed by atoms with E-state index in [2.05, 4.69) is 60.8 Å². The van der Waals surface area contributed by atoms with E-state index >= 15 is 0 Å². The zero-order valence-electron chi connectivity index (χ0n) is 12.0. The molecule has 0 aliphatic carbocycles. The Balaban J connectivity index is 1.98. The summed E-state index contributed by atoms with van der Waals surface area (Å²) in [6.07, 6.45) is 0.868. The number of nitrogens with zero attached hydrogens (tertiary/aromatic N) is 1. The second kappa shape index (κ2) is 6.55. The number of benzene rings is 2. The van der Waals surface area contributed by atoms with Crippen LogP contribution in [-0.2, 0) is 6.42 Å². The van der Waals surface area contributed by atoms with Gasteiger partial charge in [0.2, 0.25) is 0 Å². The number of rotatable bonds is 5. The van der Waals surface area contributed by atoms with Crippen LogP contribution in [-0.4, -0.2) is 11.5 Å². The Morgan fingerprint density at radius 2 is 1.62 bits per heavy atom. The highest BCUT2D eigenvalue weighted by Crippen LogP contribution is 2.34. The minimum absolute atomic E-state index is 0.868. The maximum Gasteiger partial charge on any atom is 0.183 e. The molecule has 0 unspecified atom stereocenters. The molecule has 0 fully saturated rings. The van der Waals surface area contributed by atoms with Crippen LogP contribution in [0.15, 0.2) is 60.7 Å². The second-order valence-electron chi connectivity index (χ2n) is 4.85. The number of thiazole rings is 1. The smallest absolute Gasteiger partial charge is 0.183 e. The van der Waals surface area contributed by atoms with E-state index in [0.717, 1.165) is 23.8 Å². The fourth-order valence-electron chi connectivity index (χ4n) is 2.30. The Labute approximate surface area is 129 Å². The van der Waals surface area contributed by atoms with Crippen molar-refractivity contribution in [3.8, 4) is 10.4 Å². The molecule has 0 radical (unpaired) electrons. The molecule has 0 aliphatic rings. The Kier molecular flexibility index (Phi) is 4.31. The van der Waals surface area contributed by atoms with Crippen molar-refractivity contribution in [2.45, 2.75) is 13.3 Å². The van der Waals surface area contributed by atoms with E-state index < -0.39 is 0 Å². The third-order valence-corrected chi connectivity index (χ3v) is 4.38. The maximum absolute atomic E-state index is 4.78. The van der Waals surface area contributed by atoms with Crippen molar-refractivity contribution >= 4 is 16.5 Å². The van der Waals surface area contributed by atoms with E-state index in [-0.39, 0.29) is 0 Å². The molecule has 106 valence electrons. The molecule has 1 N–H and O–H groups in total. The summed E-state index contributed by atoms with van der Waals surface area (Å²) in [5.74, 6) is 0. The van der Waals surface area contributed by atoms with E-state index in [4.69, 9.17) is 4.98 Å².